The number of amides is 1. The third-order valence-corrected chi connectivity index (χ3v) is 9.20. The molecule has 0 radical (unpaired) electrons. The molecule has 1 aromatic carbocycles. The number of fused-ring (bicyclic) bond motifs is 1. The number of sulfonamides is 1. The minimum absolute atomic E-state index is 0.259. The molecular weight excluding hydrogens is 430 g/mol. The van der Waals surface area contributed by atoms with Gasteiger partial charge in [-0.05, 0) is 36.4 Å². The van der Waals surface area contributed by atoms with Crippen LogP contribution < -0.4 is 4.80 Å². The minimum atomic E-state index is -3.68. The van der Waals surface area contributed by atoms with Crippen LogP contribution in [-0.4, -0.2) is 49.5 Å². The number of thiophene rings is 1. The quantitative estimate of drug-likeness (QED) is 0.577. The molecule has 1 amide bonds. The Bertz CT molecular complexity index is 1180. The van der Waals surface area contributed by atoms with Crippen LogP contribution >= 0.6 is 22.7 Å². The molecule has 29 heavy (non-hydrogen) atoms. The summed E-state index contributed by atoms with van der Waals surface area (Å²) in [6.07, 6.45) is 1.13. The Kier molecular flexibility index (Phi) is 5.98. The molecule has 1 atom stereocenters. The average molecular weight is 452 g/mol. The molecule has 0 N–H and O–H groups in total. The van der Waals surface area contributed by atoms with E-state index in [1.54, 1.807) is 24.6 Å². The summed E-state index contributed by atoms with van der Waals surface area (Å²) >= 11 is 2.58. The summed E-state index contributed by atoms with van der Waals surface area (Å²) in [5.74, 6) is -0.416. The lowest BCUT2D eigenvalue weighted by molar-refractivity contribution is -0.121. The van der Waals surface area contributed by atoms with Crippen molar-refractivity contribution in [3.05, 3.63) is 46.6 Å². The van der Waals surface area contributed by atoms with Crippen LogP contribution in [0.15, 0.2) is 51.0 Å². The smallest absolute Gasteiger partial charge is 0.266 e. The predicted octanol–water partition coefficient (Wildman–Crippen LogP) is 2.69. The molecule has 1 fully saturated rings. The number of rotatable bonds is 6. The topological polar surface area (TPSA) is 81.0 Å². The predicted molar refractivity (Wildman–Crippen MR) is 113 cm³/mol. The summed E-state index contributed by atoms with van der Waals surface area (Å²) in [5.41, 5.74) is 0.982. The summed E-state index contributed by atoms with van der Waals surface area (Å²) in [6.45, 7) is 1.39. The first-order chi connectivity index (χ1) is 14.0. The van der Waals surface area contributed by atoms with Gasteiger partial charge >= 0.3 is 0 Å². The van der Waals surface area contributed by atoms with E-state index >= 15 is 0 Å². The number of hydrogen-bond acceptors (Lipinski definition) is 6. The molecule has 1 aliphatic rings. The van der Waals surface area contributed by atoms with E-state index in [0.29, 0.717) is 37.3 Å². The second-order valence-electron chi connectivity index (χ2n) is 6.65. The summed E-state index contributed by atoms with van der Waals surface area (Å²) < 4.78 is 35.6. The zero-order valence-electron chi connectivity index (χ0n) is 15.9. The lowest BCUT2D eigenvalue weighted by Gasteiger charge is -2.20. The molecule has 10 heteroatoms. The van der Waals surface area contributed by atoms with E-state index in [-0.39, 0.29) is 4.21 Å². The Hall–Kier alpha value is -1.85. The first-order valence-electron chi connectivity index (χ1n) is 9.23. The maximum absolute atomic E-state index is 13.0. The fraction of sp³-hybridized carbons (Fsp3) is 0.368. The van der Waals surface area contributed by atoms with Crippen LogP contribution in [0.5, 0.6) is 0 Å². The number of carbonyl (C=O) groups is 1. The molecule has 1 unspecified atom stereocenters. The van der Waals surface area contributed by atoms with Gasteiger partial charge in [-0.1, -0.05) is 29.5 Å². The van der Waals surface area contributed by atoms with Gasteiger partial charge in [0.15, 0.2) is 4.80 Å². The van der Waals surface area contributed by atoms with Crippen molar-refractivity contribution in [1.29, 1.82) is 0 Å². The highest BCUT2D eigenvalue weighted by Gasteiger charge is 2.39. The van der Waals surface area contributed by atoms with Crippen molar-refractivity contribution in [2.24, 2.45) is 4.99 Å². The summed E-state index contributed by atoms with van der Waals surface area (Å²) in [5, 5.41) is 1.72. The third kappa shape index (κ3) is 3.95. The molecular formula is C19H21N3O4S3. The van der Waals surface area contributed by atoms with E-state index in [1.807, 2.05) is 28.8 Å². The van der Waals surface area contributed by atoms with Crippen molar-refractivity contribution < 1.29 is 17.9 Å². The number of ether oxygens (including phenoxy) is 1. The monoisotopic (exact) mass is 451 g/mol. The number of carbonyl (C=O) groups excluding carboxylic acids is 1. The Morgan fingerprint density at radius 2 is 2.10 bits per heavy atom. The van der Waals surface area contributed by atoms with E-state index in [4.69, 9.17) is 4.74 Å². The van der Waals surface area contributed by atoms with Crippen molar-refractivity contribution in [2.75, 3.05) is 20.3 Å². The van der Waals surface area contributed by atoms with Crippen LogP contribution in [0.1, 0.15) is 12.8 Å². The van der Waals surface area contributed by atoms with Crippen LogP contribution in [0.3, 0.4) is 0 Å². The van der Waals surface area contributed by atoms with Gasteiger partial charge in [-0.2, -0.15) is 9.30 Å². The molecule has 2 aromatic heterocycles. The minimum Gasteiger partial charge on any atom is -0.383 e. The lowest BCUT2D eigenvalue weighted by atomic mass is 10.2. The zero-order chi connectivity index (χ0) is 20.4. The van der Waals surface area contributed by atoms with E-state index < -0.39 is 22.0 Å². The summed E-state index contributed by atoms with van der Waals surface area (Å²) in [7, 11) is -2.06. The third-order valence-electron chi connectivity index (χ3n) is 4.86. The number of methoxy groups -OCH3 is 1. The van der Waals surface area contributed by atoms with Gasteiger partial charge in [0.2, 0.25) is 0 Å². The number of nitrogens with zero attached hydrogens (tertiary/aromatic N) is 3. The van der Waals surface area contributed by atoms with E-state index in [2.05, 4.69) is 4.99 Å². The molecule has 154 valence electrons. The van der Waals surface area contributed by atoms with Crippen LogP contribution in [0.25, 0.3) is 10.2 Å². The SMILES string of the molecule is COCCn1c(=NC(=O)C2CCCN2S(=O)(=O)c2cccs2)sc2ccccc21. The van der Waals surface area contributed by atoms with Crippen LogP contribution in [0.4, 0.5) is 0 Å². The Balaban J connectivity index is 1.70. The maximum atomic E-state index is 13.0. The van der Waals surface area contributed by atoms with Crippen molar-refractivity contribution >= 4 is 48.8 Å². The molecule has 4 rings (SSSR count). The summed E-state index contributed by atoms with van der Waals surface area (Å²) in [4.78, 5) is 18.0. The molecule has 1 aliphatic heterocycles. The van der Waals surface area contributed by atoms with Gasteiger partial charge in [-0.3, -0.25) is 4.79 Å². The van der Waals surface area contributed by atoms with Gasteiger partial charge in [-0.25, -0.2) is 8.42 Å². The van der Waals surface area contributed by atoms with Crippen LogP contribution in [-0.2, 0) is 26.1 Å². The molecule has 0 spiro atoms. The standard InChI is InChI=1S/C19H21N3O4S3/c1-26-12-11-21-14-6-2-3-8-16(14)28-19(21)20-18(23)15-7-4-10-22(15)29(24,25)17-9-5-13-27-17/h2-3,5-6,8-9,13,15H,4,7,10-12H2,1H3. The first kappa shape index (κ1) is 20.4. The van der Waals surface area contributed by atoms with Gasteiger partial charge in [0, 0.05) is 20.2 Å². The van der Waals surface area contributed by atoms with Crippen LogP contribution in [0, 0.1) is 0 Å². The molecule has 3 aromatic rings. The van der Waals surface area contributed by atoms with Crippen LogP contribution in [0.2, 0.25) is 0 Å². The van der Waals surface area contributed by atoms with Crippen molar-refractivity contribution in [2.45, 2.75) is 29.6 Å². The molecule has 0 aliphatic carbocycles. The number of aromatic nitrogens is 1. The highest BCUT2D eigenvalue weighted by atomic mass is 32.2. The van der Waals surface area contributed by atoms with Gasteiger partial charge in [0.05, 0.1) is 16.8 Å². The highest BCUT2D eigenvalue weighted by molar-refractivity contribution is 7.91. The summed E-state index contributed by atoms with van der Waals surface area (Å²) in [6, 6.07) is 10.4. The number of benzene rings is 1. The van der Waals surface area contributed by atoms with Gasteiger partial charge in [0.25, 0.3) is 15.9 Å². The van der Waals surface area contributed by atoms with E-state index in [0.717, 1.165) is 21.6 Å². The molecule has 3 heterocycles. The number of hydrogen-bond donors (Lipinski definition) is 0. The second-order valence-corrected chi connectivity index (χ2v) is 10.7. The molecule has 0 saturated carbocycles. The maximum Gasteiger partial charge on any atom is 0.266 e. The normalized spacial score (nSPS) is 18.7. The highest BCUT2D eigenvalue weighted by Crippen LogP contribution is 2.29. The lowest BCUT2D eigenvalue weighted by Crippen LogP contribution is -2.40. The van der Waals surface area contributed by atoms with Crippen molar-refractivity contribution in [3.8, 4) is 0 Å². The van der Waals surface area contributed by atoms with Gasteiger partial charge in [-0.15, -0.1) is 11.3 Å². The Morgan fingerprint density at radius 1 is 1.28 bits per heavy atom. The molecule has 0 bridgehead atoms. The zero-order valence-corrected chi connectivity index (χ0v) is 18.3. The van der Waals surface area contributed by atoms with Crippen molar-refractivity contribution in [1.82, 2.24) is 8.87 Å². The second kappa shape index (κ2) is 8.49. The fourth-order valence-electron chi connectivity index (χ4n) is 3.47. The first-order valence-corrected chi connectivity index (χ1v) is 12.4. The van der Waals surface area contributed by atoms with Crippen molar-refractivity contribution in [3.63, 3.8) is 0 Å². The molecule has 1 saturated heterocycles. The van der Waals surface area contributed by atoms with Gasteiger partial charge in [0.1, 0.15) is 10.3 Å². The number of thiazole rings is 1. The Labute approximate surface area is 176 Å². The van der Waals surface area contributed by atoms with E-state index in [9.17, 15) is 13.2 Å². The Morgan fingerprint density at radius 3 is 2.86 bits per heavy atom. The average Bonchev–Trinajstić information content (AvgIpc) is 3.46. The van der Waals surface area contributed by atoms with Gasteiger partial charge < -0.3 is 9.30 Å². The fourth-order valence-corrected chi connectivity index (χ4v) is 7.31. The largest absolute Gasteiger partial charge is 0.383 e. The number of para-hydroxylation sites is 1. The molecule has 7 nitrogen and oxygen atoms in total. The van der Waals surface area contributed by atoms with E-state index in [1.165, 1.54) is 15.6 Å².